The highest BCUT2D eigenvalue weighted by Crippen LogP contribution is 2.20. The number of nitrogens with zero attached hydrogens (tertiary/aromatic N) is 1. The van der Waals surface area contributed by atoms with Crippen LogP contribution in [0, 0.1) is 0 Å². The van der Waals surface area contributed by atoms with Crippen molar-refractivity contribution in [3.63, 3.8) is 0 Å². The van der Waals surface area contributed by atoms with Crippen molar-refractivity contribution in [3.05, 3.63) is 55.7 Å². The van der Waals surface area contributed by atoms with Gasteiger partial charge < -0.3 is 0 Å². The van der Waals surface area contributed by atoms with E-state index in [2.05, 4.69) is 17.5 Å². The monoisotopic (exact) mass is 326 g/mol. The number of nitrogens with one attached hydrogen (secondary N) is 1. The molecule has 0 fully saturated rings. The van der Waals surface area contributed by atoms with Crippen molar-refractivity contribution in [2.45, 2.75) is 13.3 Å². The van der Waals surface area contributed by atoms with Crippen molar-refractivity contribution in [2.75, 3.05) is 0 Å². The molecule has 2 rings (SSSR count). The zero-order valence-corrected chi connectivity index (χ0v) is 13.0. The maximum absolute atomic E-state index is 11.9. The van der Waals surface area contributed by atoms with Gasteiger partial charge in [-0.1, -0.05) is 30.1 Å². The van der Waals surface area contributed by atoms with Crippen molar-refractivity contribution in [2.24, 2.45) is 5.10 Å². The molecular formula is C14H12Cl2N2OS. The van der Waals surface area contributed by atoms with E-state index in [-0.39, 0.29) is 5.91 Å². The minimum Gasteiger partial charge on any atom is -0.267 e. The molecular weight excluding hydrogens is 315 g/mol. The fourth-order valence-corrected chi connectivity index (χ4v) is 2.86. The lowest BCUT2D eigenvalue weighted by Crippen LogP contribution is -2.17. The highest BCUT2D eigenvalue weighted by Gasteiger charge is 2.09. The first-order valence-corrected chi connectivity index (χ1v) is 7.54. The van der Waals surface area contributed by atoms with E-state index < -0.39 is 0 Å². The van der Waals surface area contributed by atoms with Crippen molar-refractivity contribution < 1.29 is 4.79 Å². The van der Waals surface area contributed by atoms with E-state index in [1.54, 1.807) is 29.7 Å². The second-order valence-electron chi connectivity index (χ2n) is 3.98. The Morgan fingerprint density at radius 1 is 1.35 bits per heavy atom. The molecule has 1 N–H and O–H groups in total. The van der Waals surface area contributed by atoms with Gasteiger partial charge in [0.15, 0.2) is 0 Å². The number of thiophene rings is 1. The number of hydrazone groups is 1. The summed E-state index contributed by atoms with van der Waals surface area (Å²) in [7, 11) is 0. The van der Waals surface area contributed by atoms with Crippen LogP contribution in [0.5, 0.6) is 0 Å². The minimum atomic E-state index is -0.366. The molecule has 3 nitrogen and oxygen atoms in total. The van der Waals surface area contributed by atoms with E-state index in [4.69, 9.17) is 23.2 Å². The van der Waals surface area contributed by atoms with Crippen LogP contribution in [0.2, 0.25) is 10.0 Å². The van der Waals surface area contributed by atoms with Crippen LogP contribution >= 0.6 is 34.5 Å². The molecule has 0 bridgehead atoms. The fraction of sp³-hybridized carbons (Fsp3) is 0.143. The average Bonchev–Trinajstić information content (AvgIpc) is 2.86. The summed E-state index contributed by atoms with van der Waals surface area (Å²) in [5.74, 6) is -0.366. The fourth-order valence-electron chi connectivity index (χ4n) is 1.54. The smallest absolute Gasteiger partial charge is 0.267 e. The molecule has 0 saturated heterocycles. The van der Waals surface area contributed by atoms with Crippen LogP contribution in [-0.2, 0) is 6.42 Å². The Hall–Kier alpha value is -1.36. The standard InChI is InChI=1S/C14H12Cl2N2OS/c1-2-10-4-5-11(20-10)8-17-18-14(19)12-6-3-9(15)7-13(12)16/h3-8H,2H2,1H3,(H,18,19). The summed E-state index contributed by atoms with van der Waals surface area (Å²) in [6, 6.07) is 8.71. The summed E-state index contributed by atoms with van der Waals surface area (Å²) >= 11 is 13.4. The number of benzene rings is 1. The van der Waals surface area contributed by atoms with Crippen LogP contribution in [0.15, 0.2) is 35.4 Å². The minimum absolute atomic E-state index is 0.301. The largest absolute Gasteiger partial charge is 0.272 e. The predicted octanol–water partition coefficient (Wildman–Crippen LogP) is 4.38. The molecule has 0 radical (unpaired) electrons. The van der Waals surface area contributed by atoms with Crippen LogP contribution in [0.25, 0.3) is 0 Å². The lowest BCUT2D eigenvalue weighted by atomic mass is 10.2. The Labute approximate surface area is 131 Å². The first-order chi connectivity index (χ1) is 9.60. The number of rotatable bonds is 4. The van der Waals surface area contributed by atoms with Gasteiger partial charge >= 0.3 is 0 Å². The Bertz CT molecular complexity index is 652. The van der Waals surface area contributed by atoms with Gasteiger partial charge in [0.05, 0.1) is 16.8 Å². The SMILES string of the molecule is CCc1ccc(C=NNC(=O)c2ccc(Cl)cc2Cl)s1. The molecule has 0 aliphatic rings. The lowest BCUT2D eigenvalue weighted by molar-refractivity contribution is 0.0955. The molecule has 0 unspecified atom stereocenters. The van der Waals surface area contributed by atoms with Crippen LogP contribution in [0.4, 0.5) is 0 Å². The van der Waals surface area contributed by atoms with Gasteiger partial charge in [-0.3, -0.25) is 4.79 Å². The second-order valence-corrected chi connectivity index (χ2v) is 6.02. The van der Waals surface area contributed by atoms with Gasteiger partial charge in [0.1, 0.15) is 0 Å². The molecule has 2 aromatic rings. The van der Waals surface area contributed by atoms with Gasteiger partial charge in [0.2, 0.25) is 0 Å². The average molecular weight is 327 g/mol. The summed E-state index contributed by atoms with van der Waals surface area (Å²) in [5.41, 5.74) is 2.79. The predicted molar refractivity (Wildman–Crippen MR) is 85.2 cm³/mol. The summed E-state index contributed by atoms with van der Waals surface area (Å²) < 4.78 is 0. The van der Waals surface area contributed by atoms with Gasteiger partial charge in [-0.25, -0.2) is 5.43 Å². The van der Waals surface area contributed by atoms with Crippen molar-refractivity contribution >= 4 is 46.7 Å². The van der Waals surface area contributed by atoms with E-state index in [9.17, 15) is 4.79 Å². The Balaban J connectivity index is 2.01. The number of carbonyl (C=O) groups is 1. The Morgan fingerprint density at radius 2 is 2.15 bits per heavy atom. The quantitative estimate of drug-likeness (QED) is 0.657. The van der Waals surface area contributed by atoms with Crippen molar-refractivity contribution in [3.8, 4) is 0 Å². The van der Waals surface area contributed by atoms with E-state index >= 15 is 0 Å². The number of halogens is 2. The van der Waals surface area contributed by atoms with Gasteiger partial charge in [-0.05, 0) is 36.8 Å². The Kier molecular flexibility index (Phi) is 5.17. The molecule has 1 heterocycles. The van der Waals surface area contributed by atoms with E-state index in [1.165, 1.54) is 10.9 Å². The number of carbonyl (C=O) groups excluding carboxylic acids is 1. The molecule has 104 valence electrons. The highest BCUT2D eigenvalue weighted by molar-refractivity contribution is 7.13. The molecule has 0 saturated carbocycles. The maximum atomic E-state index is 11.9. The normalized spacial score (nSPS) is 10.9. The molecule has 0 spiro atoms. The number of hydrogen-bond acceptors (Lipinski definition) is 3. The second kappa shape index (κ2) is 6.88. The maximum Gasteiger partial charge on any atom is 0.272 e. The van der Waals surface area contributed by atoms with Crippen LogP contribution in [0.1, 0.15) is 27.0 Å². The van der Waals surface area contributed by atoms with Gasteiger partial charge in [0.25, 0.3) is 5.91 Å². The van der Waals surface area contributed by atoms with Crippen LogP contribution in [-0.4, -0.2) is 12.1 Å². The summed E-state index contributed by atoms with van der Waals surface area (Å²) in [5, 5.41) is 4.71. The topological polar surface area (TPSA) is 41.5 Å². The van der Waals surface area contributed by atoms with Gasteiger partial charge in [0, 0.05) is 14.8 Å². The Morgan fingerprint density at radius 3 is 2.80 bits per heavy atom. The third-order valence-electron chi connectivity index (χ3n) is 2.56. The summed E-state index contributed by atoms with van der Waals surface area (Å²) in [6.45, 7) is 2.09. The van der Waals surface area contributed by atoms with Crippen LogP contribution < -0.4 is 5.43 Å². The number of hydrogen-bond donors (Lipinski definition) is 1. The summed E-state index contributed by atoms with van der Waals surface area (Å²) in [4.78, 5) is 14.1. The molecule has 1 aromatic carbocycles. The van der Waals surface area contributed by atoms with Crippen molar-refractivity contribution in [1.29, 1.82) is 0 Å². The molecule has 1 amide bonds. The molecule has 0 aliphatic heterocycles. The lowest BCUT2D eigenvalue weighted by Gasteiger charge is -2.02. The molecule has 20 heavy (non-hydrogen) atoms. The molecule has 0 aliphatic carbocycles. The van der Waals surface area contributed by atoms with E-state index in [0.717, 1.165) is 11.3 Å². The first kappa shape index (κ1) is 15.0. The molecule has 1 aromatic heterocycles. The van der Waals surface area contributed by atoms with E-state index in [1.807, 2.05) is 12.1 Å². The highest BCUT2D eigenvalue weighted by atomic mass is 35.5. The third kappa shape index (κ3) is 3.82. The van der Waals surface area contributed by atoms with Crippen LogP contribution in [0.3, 0.4) is 0 Å². The molecule has 6 heteroatoms. The van der Waals surface area contributed by atoms with E-state index in [0.29, 0.717) is 15.6 Å². The van der Waals surface area contributed by atoms with Crippen molar-refractivity contribution in [1.82, 2.24) is 5.43 Å². The zero-order valence-electron chi connectivity index (χ0n) is 10.7. The number of amides is 1. The van der Waals surface area contributed by atoms with Gasteiger partial charge in [-0.2, -0.15) is 5.10 Å². The summed E-state index contributed by atoms with van der Waals surface area (Å²) in [6.07, 6.45) is 2.61. The zero-order chi connectivity index (χ0) is 14.5. The third-order valence-corrected chi connectivity index (χ3v) is 4.28. The molecule has 0 atom stereocenters. The van der Waals surface area contributed by atoms with Gasteiger partial charge in [-0.15, -0.1) is 11.3 Å². The first-order valence-electron chi connectivity index (χ1n) is 5.97. The number of aryl methyl sites for hydroxylation is 1.